The number of fused-ring (bicyclic) bond motifs is 1. The molecule has 1 N–H and O–H groups in total. The van der Waals surface area contributed by atoms with Crippen molar-refractivity contribution in [3.8, 4) is 0 Å². The Hall–Kier alpha value is -2.41. The zero-order valence-corrected chi connectivity index (χ0v) is 17.1. The number of aryl methyl sites for hydroxylation is 1. The summed E-state index contributed by atoms with van der Waals surface area (Å²) in [7, 11) is 0. The number of thiophene rings is 1. The van der Waals surface area contributed by atoms with Gasteiger partial charge in [0.1, 0.15) is 17.5 Å². The van der Waals surface area contributed by atoms with Crippen LogP contribution < -0.4 is 10.9 Å². The maximum Gasteiger partial charge on any atom is 0.265 e. The third-order valence-electron chi connectivity index (χ3n) is 4.45. The minimum Gasteiger partial charge on any atom is -0.442 e. The molecule has 0 aliphatic heterocycles. The molecule has 1 amide bonds. The van der Waals surface area contributed by atoms with Crippen LogP contribution in [0.15, 0.2) is 33.1 Å². The van der Waals surface area contributed by atoms with E-state index in [1.807, 2.05) is 31.4 Å². The summed E-state index contributed by atoms with van der Waals surface area (Å²) in [6, 6.07) is 3.85. The van der Waals surface area contributed by atoms with Crippen molar-refractivity contribution in [2.24, 2.45) is 11.8 Å². The molecule has 7 heteroatoms. The van der Waals surface area contributed by atoms with E-state index in [2.05, 4.69) is 24.1 Å². The minimum atomic E-state index is -0.306. The highest BCUT2D eigenvalue weighted by Crippen LogP contribution is 2.28. The second-order valence-electron chi connectivity index (χ2n) is 7.52. The molecule has 3 aromatic rings. The number of furan rings is 1. The second-order valence-corrected chi connectivity index (χ2v) is 8.50. The Morgan fingerprint density at radius 3 is 2.67 bits per heavy atom. The van der Waals surface area contributed by atoms with Crippen LogP contribution in [0.2, 0.25) is 0 Å². The second kappa shape index (κ2) is 7.68. The normalized spacial score (nSPS) is 12.9. The summed E-state index contributed by atoms with van der Waals surface area (Å²) >= 11 is 1.60. The molecule has 0 unspecified atom stereocenters. The lowest BCUT2D eigenvalue weighted by Crippen LogP contribution is -2.32. The highest BCUT2D eigenvalue weighted by Gasteiger charge is 2.26. The zero-order chi connectivity index (χ0) is 19.7. The lowest BCUT2D eigenvalue weighted by molar-refractivity contribution is 0.0926. The quantitative estimate of drug-likeness (QED) is 0.689. The van der Waals surface area contributed by atoms with E-state index < -0.39 is 0 Å². The Morgan fingerprint density at radius 1 is 1.33 bits per heavy atom. The van der Waals surface area contributed by atoms with Crippen molar-refractivity contribution in [2.45, 2.75) is 47.2 Å². The maximum absolute atomic E-state index is 13.1. The predicted octanol–water partition coefficient (Wildman–Crippen LogP) is 4.14. The van der Waals surface area contributed by atoms with Gasteiger partial charge in [0, 0.05) is 11.4 Å². The molecule has 0 saturated carbocycles. The molecule has 144 valence electrons. The van der Waals surface area contributed by atoms with Crippen molar-refractivity contribution in [1.29, 1.82) is 0 Å². The van der Waals surface area contributed by atoms with Crippen LogP contribution in [-0.4, -0.2) is 15.5 Å². The molecule has 0 aromatic carbocycles. The van der Waals surface area contributed by atoms with Gasteiger partial charge in [0.2, 0.25) is 5.71 Å². The van der Waals surface area contributed by atoms with Crippen LogP contribution in [0, 0.1) is 18.8 Å². The molecule has 3 aromatic heterocycles. The topological polar surface area (TPSA) is 77.1 Å². The number of carbonyl (C=O) groups is 1. The fraction of sp³-hybridized carbons (Fsp3) is 0.450. The first-order chi connectivity index (χ1) is 12.8. The number of hydrogen-bond donors (Lipinski definition) is 1. The molecule has 0 bridgehead atoms. The molecule has 0 spiro atoms. The standard InChI is InChI=1S/C20H25N3O3S/c1-11(2)9-23-10-21-19-16(20(23)25)15(13(5)26-19)18(24)22-17(12(3)4)14-7-6-8-27-14/h6-8,10-12,17H,9H2,1-5H3,(H,22,24)/t17-/m1/s1. The van der Waals surface area contributed by atoms with E-state index in [4.69, 9.17) is 4.42 Å². The Balaban J connectivity index is 2.03. The van der Waals surface area contributed by atoms with Crippen molar-refractivity contribution in [2.75, 3.05) is 0 Å². The van der Waals surface area contributed by atoms with Crippen molar-refractivity contribution in [3.05, 3.63) is 50.4 Å². The van der Waals surface area contributed by atoms with Crippen LogP contribution in [0.5, 0.6) is 0 Å². The summed E-state index contributed by atoms with van der Waals surface area (Å²) in [5, 5.41) is 5.32. The molecule has 1 atom stereocenters. The number of hydrogen-bond acceptors (Lipinski definition) is 5. The van der Waals surface area contributed by atoms with Crippen molar-refractivity contribution in [3.63, 3.8) is 0 Å². The number of nitrogens with zero attached hydrogens (tertiary/aromatic N) is 2. The lowest BCUT2D eigenvalue weighted by atomic mass is 10.0. The number of aromatic nitrogens is 2. The monoisotopic (exact) mass is 387 g/mol. The van der Waals surface area contributed by atoms with Crippen LogP contribution in [0.25, 0.3) is 11.1 Å². The van der Waals surface area contributed by atoms with Crippen molar-refractivity contribution < 1.29 is 9.21 Å². The minimum absolute atomic E-state index is 0.128. The molecular formula is C20H25N3O3S. The van der Waals surface area contributed by atoms with Crippen LogP contribution in [0.4, 0.5) is 0 Å². The Morgan fingerprint density at radius 2 is 2.07 bits per heavy atom. The smallest absolute Gasteiger partial charge is 0.265 e. The average Bonchev–Trinajstić information content (AvgIpc) is 3.22. The third kappa shape index (κ3) is 3.83. The van der Waals surface area contributed by atoms with Gasteiger partial charge < -0.3 is 9.73 Å². The maximum atomic E-state index is 13.1. The van der Waals surface area contributed by atoms with Gasteiger partial charge in [-0.3, -0.25) is 14.2 Å². The third-order valence-corrected chi connectivity index (χ3v) is 5.40. The van der Waals surface area contributed by atoms with E-state index >= 15 is 0 Å². The Bertz CT molecular complexity index is 1000. The van der Waals surface area contributed by atoms with E-state index in [-0.39, 0.29) is 46.0 Å². The lowest BCUT2D eigenvalue weighted by Gasteiger charge is -2.21. The number of carbonyl (C=O) groups excluding carboxylic acids is 1. The SMILES string of the molecule is Cc1oc2ncn(CC(C)C)c(=O)c2c1C(=O)N[C@@H](c1cccs1)C(C)C. The van der Waals surface area contributed by atoms with Gasteiger partial charge in [0.15, 0.2) is 0 Å². The zero-order valence-electron chi connectivity index (χ0n) is 16.3. The average molecular weight is 388 g/mol. The molecule has 0 aliphatic carbocycles. The number of nitrogens with one attached hydrogen (secondary N) is 1. The Labute approximate surface area is 162 Å². The summed E-state index contributed by atoms with van der Waals surface area (Å²) in [6.07, 6.45) is 1.48. The molecule has 3 rings (SSSR count). The van der Waals surface area contributed by atoms with Gasteiger partial charge in [-0.05, 0) is 30.2 Å². The molecule has 3 heterocycles. The van der Waals surface area contributed by atoms with Crippen molar-refractivity contribution >= 4 is 28.3 Å². The molecule has 0 saturated heterocycles. The molecule has 0 radical (unpaired) electrons. The van der Waals surface area contributed by atoms with Gasteiger partial charge in [-0.2, -0.15) is 0 Å². The highest BCUT2D eigenvalue weighted by atomic mass is 32.1. The highest BCUT2D eigenvalue weighted by molar-refractivity contribution is 7.10. The van der Waals surface area contributed by atoms with E-state index in [0.717, 1.165) is 4.88 Å². The molecule has 27 heavy (non-hydrogen) atoms. The number of rotatable bonds is 6. The van der Waals surface area contributed by atoms with E-state index in [0.29, 0.717) is 12.3 Å². The van der Waals surface area contributed by atoms with Gasteiger partial charge in [-0.15, -0.1) is 11.3 Å². The predicted molar refractivity (Wildman–Crippen MR) is 107 cm³/mol. The van der Waals surface area contributed by atoms with Gasteiger partial charge in [-0.25, -0.2) is 4.98 Å². The fourth-order valence-corrected chi connectivity index (χ4v) is 4.13. The van der Waals surface area contributed by atoms with Gasteiger partial charge in [0.05, 0.1) is 11.6 Å². The largest absolute Gasteiger partial charge is 0.442 e. The Kier molecular flexibility index (Phi) is 5.51. The molecule has 0 aliphatic rings. The summed E-state index contributed by atoms with van der Waals surface area (Å²) in [5.74, 6) is 0.598. The molecule has 0 fully saturated rings. The summed E-state index contributed by atoms with van der Waals surface area (Å²) < 4.78 is 7.15. The van der Waals surface area contributed by atoms with Gasteiger partial charge in [-0.1, -0.05) is 33.8 Å². The van der Waals surface area contributed by atoms with Crippen molar-refractivity contribution in [1.82, 2.24) is 14.9 Å². The summed E-state index contributed by atoms with van der Waals surface area (Å²) in [4.78, 5) is 31.4. The first kappa shape index (κ1) is 19.4. The van der Waals surface area contributed by atoms with Crippen LogP contribution in [0.3, 0.4) is 0 Å². The fourth-order valence-electron chi connectivity index (χ4n) is 3.18. The molecular weight excluding hydrogens is 362 g/mol. The van der Waals surface area contributed by atoms with Crippen LogP contribution in [0.1, 0.15) is 54.7 Å². The number of amides is 1. The van der Waals surface area contributed by atoms with Crippen LogP contribution >= 0.6 is 11.3 Å². The van der Waals surface area contributed by atoms with Gasteiger partial charge >= 0.3 is 0 Å². The van der Waals surface area contributed by atoms with Crippen LogP contribution in [-0.2, 0) is 6.54 Å². The first-order valence-electron chi connectivity index (χ1n) is 9.12. The van der Waals surface area contributed by atoms with Gasteiger partial charge in [0.25, 0.3) is 11.5 Å². The van der Waals surface area contributed by atoms with E-state index in [1.54, 1.807) is 18.3 Å². The summed E-state index contributed by atoms with van der Waals surface area (Å²) in [5.41, 5.74) is 0.246. The molecule has 6 nitrogen and oxygen atoms in total. The van der Waals surface area contributed by atoms with E-state index in [9.17, 15) is 9.59 Å². The first-order valence-corrected chi connectivity index (χ1v) is 10.00. The van der Waals surface area contributed by atoms with E-state index in [1.165, 1.54) is 10.9 Å². The summed E-state index contributed by atoms with van der Waals surface area (Å²) in [6.45, 7) is 10.4.